The molecule has 2 aromatic rings. The Morgan fingerprint density at radius 2 is 1.92 bits per heavy atom. The summed E-state index contributed by atoms with van der Waals surface area (Å²) >= 11 is 0. The topological polar surface area (TPSA) is 47.6 Å². The highest BCUT2D eigenvalue weighted by atomic mass is 16.5. The lowest BCUT2D eigenvalue weighted by Gasteiger charge is -2.23. The summed E-state index contributed by atoms with van der Waals surface area (Å²) in [7, 11) is 0. The maximum atomic E-state index is 12.5. The number of carbonyl (C=O) groups excluding carboxylic acids is 1. The SMILES string of the molecule is CCOc1ccc(C(=O)Cc2ccc([C@@H]3O[C@H]4CN[C@@H]3C4)cc2)cc1. The molecule has 2 heterocycles. The maximum Gasteiger partial charge on any atom is 0.167 e. The van der Waals surface area contributed by atoms with E-state index in [9.17, 15) is 4.79 Å². The predicted molar refractivity (Wildman–Crippen MR) is 96.1 cm³/mol. The Hall–Kier alpha value is -2.17. The van der Waals surface area contributed by atoms with Crippen molar-refractivity contribution in [3.8, 4) is 5.75 Å². The number of rotatable bonds is 6. The molecule has 2 saturated heterocycles. The summed E-state index contributed by atoms with van der Waals surface area (Å²) < 4.78 is 11.4. The van der Waals surface area contributed by atoms with Gasteiger partial charge in [-0.15, -0.1) is 0 Å². The summed E-state index contributed by atoms with van der Waals surface area (Å²) in [6.07, 6.45) is 2.01. The zero-order chi connectivity index (χ0) is 17.2. The first kappa shape index (κ1) is 16.3. The number of morpholine rings is 1. The fourth-order valence-electron chi connectivity index (χ4n) is 3.70. The number of benzene rings is 2. The molecule has 2 aliphatic rings. The number of Topliss-reactive ketones (excluding diaryl/α,β-unsaturated/α-hetero) is 1. The zero-order valence-corrected chi connectivity index (χ0v) is 14.4. The number of carbonyl (C=O) groups is 1. The molecular weight excluding hydrogens is 314 g/mol. The van der Waals surface area contributed by atoms with Crippen molar-refractivity contribution >= 4 is 5.78 Å². The Balaban J connectivity index is 1.39. The molecule has 4 nitrogen and oxygen atoms in total. The van der Waals surface area contributed by atoms with Gasteiger partial charge in [-0.2, -0.15) is 0 Å². The lowest BCUT2D eigenvalue weighted by atomic mass is 9.98. The van der Waals surface area contributed by atoms with Crippen LogP contribution in [-0.2, 0) is 11.2 Å². The summed E-state index contributed by atoms with van der Waals surface area (Å²) in [5.41, 5.74) is 2.93. The van der Waals surface area contributed by atoms with E-state index < -0.39 is 0 Å². The van der Waals surface area contributed by atoms with E-state index in [4.69, 9.17) is 9.47 Å². The summed E-state index contributed by atoms with van der Waals surface area (Å²) in [6.45, 7) is 3.54. The van der Waals surface area contributed by atoms with Crippen molar-refractivity contribution in [2.24, 2.45) is 0 Å². The van der Waals surface area contributed by atoms with Gasteiger partial charge in [0.1, 0.15) is 5.75 Å². The molecule has 0 aromatic heterocycles. The van der Waals surface area contributed by atoms with Crippen LogP contribution in [0.25, 0.3) is 0 Å². The van der Waals surface area contributed by atoms with E-state index in [2.05, 4.69) is 17.4 Å². The van der Waals surface area contributed by atoms with Gasteiger partial charge in [0, 0.05) is 24.6 Å². The smallest absolute Gasteiger partial charge is 0.167 e. The number of fused-ring (bicyclic) bond motifs is 2. The molecule has 0 saturated carbocycles. The van der Waals surface area contributed by atoms with Crippen molar-refractivity contribution in [2.45, 2.75) is 38.0 Å². The van der Waals surface area contributed by atoms with Crippen molar-refractivity contribution in [3.63, 3.8) is 0 Å². The summed E-state index contributed by atoms with van der Waals surface area (Å²) in [5, 5.41) is 3.50. The fourth-order valence-corrected chi connectivity index (χ4v) is 3.70. The van der Waals surface area contributed by atoms with Crippen molar-refractivity contribution in [3.05, 3.63) is 65.2 Å². The quantitative estimate of drug-likeness (QED) is 0.822. The number of ether oxygens (including phenoxy) is 2. The van der Waals surface area contributed by atoms with Crippen molar-refractivity contribution in [2.75, 3.05) is 13.2 Å². The summed E-state index contributed by atoms with van der Waals surface area (Å²) in [6, 6.07) is 16.0. The Bertz CT molecular complexity index is 739. The standard InChI is InChI=1S/C21H23NO3/c1-2-24-17-9-7-15(8-10-17)20(23)11-14-3-5-16(6-4-14)21-19-12-18(25-21)13-22-19/h3-10,18-19,21-22H,2,11-13H2,1H3/t18-,19-,21+/m1/s1. The Kier molecular flexibility index (Phi) is 4.55. The summed E-state index contributed by atoms with van der Waals surface area (Å²) in [4.78, 5) is 12.5. The molecular formula is C21H23NO3. The Labute approximate surface area is 148 Å². The highest BCUT2D eigenvalue weighted by Gasteiger charge is 2.41. The minimum Gasteiger partial charge on any atom is -0.494 e. The Morgan fingerprint density at radius 1 is 1.16 bits per heavy atom. The molecule has 4 rings (SSSR count). The maximum absolute atomic E-state index is 12.5. The average Bonchev–Trinajstić information content (AvgIpc) is 3.27. The third kappa shape index (κ3) is 3.46. The van der Waals surface area contributed by atoms with Crippen LogP contribution in [0.5, 0.6) is 5.75 Å². The van der Waals surface area contributed by atoms with Gasteiger partial charge in [-0.3, -0.25) is 4.79 Å². The molecule has 0 unspecified atom stereocenters. The van der Waals surface area contributed by atoms with E-state index in [0.717, 1.165) is 24.3 Å². The average molecular weight is 337 g/mol. The first-order valence-corrected chi connectivity index (χ1v) is 8.96. The van der Waals surface area contributed by atoms with E-state index >= 15 is 0 Å². The van der Waals surface area contributed by atoms with Crippen LogP contribution in [0.1, 0.15) is 40.9 Å². The first-order valence-electron chi connectivity index (χ1n) is 8.96. The Morgan fingerprint density at radius 3 is 2.52 bits per heavy atom. The van der Waals surface area contributed by atoms with Crippen LogP contribution in [-0.4, -0.2) is 31.1 Å². The minimum absolute atomic E-state index is 0.119. The van der Waals surface area contributed by atoms with Gasteiger partial charge in [0.15, 0.2) is 5.78 Å². The van der Waals surface area contributed by atoms with Gasteiger partial charge in [0.05, 0.1) is 18.8 Å². The van der Waals surface area contributed by atoms with Gasteiger partial charge in [-0.05, 0) is 48.7 Å². The summed E-state index contributed by atoms with van der Waals surface area (Å²) in [5.74, 6) is 0.913. The molecule has 3 atom stereocenters. The zero-order valence-electron chi connectivity index (χ0n) is 14.4. The van der Waals surface area contributed by atoms with Gasteiger partial charge in [-0.1, -0.05) is 24.3 Å². The first-order chi connectivity index (χ1) is 12.2. The number of ketones is 1. The number of nitrogens with one attached hydrogen (secondary N) is 1. The van der Waals surface area contributed by atoms with Crippen LogP contribution in [0.15, 0.2) is 48.5 Å². The lowest BCUT2D eigenvalue weighted by molar-refractivity contribution is 0.0160. The second-order valence-electron chi connectivity index (χ2n) is 6.73. The van der Waals surface area contributed by atoms with E-state index in [1.54, 1.807) is 0 Å². The van der Waals surface area contributed by atoms with E-state index in [-0.39, 0.29) is 11.9 Å². The molecule has 2 bridgehead atoms. The third-order valence-electron chi connectivity index (χ3n) is 4.99. The highest BCUT2D eigenvalue weighted by molar-refractivity contribution is 5.97. The second-order valence-corrected chi connectivity index (χ2v) is 6.73. The second kappa shape index (κ2) is 6.98. The molecule has 0 spiro atoms. The van der Waals surface area contributed by atoms with Crippen molar-refractivity contribution in [1.29, 1.82) is 0 Å². The largest absolute Gasteiger partial charge is 0.494 e. The van der Waals surface area contributed by atoms with E-state index in [1.165, 1.54) is 5.56 Å². The van der Waals surface area contributed by atoms with Crippen LogP contribution < -0.4 is 10.1 Å². The predicted octanol–water partition coefficient (Wildman–Crippen LogP) is 3.31. The van der Waals surface area contributed by atoms with Gasteiger partial charge in [0.2, 0.25) is 0 Å². The minimum atomic E-state index is 0.119. The monoisotopic (exact) mass is 337 g/mol. The molecule has 1 N–H and O–H groups in total. The van der Waals surface area contributed by atoms with Crippen LogP contribution >= 0.6 is 0 Å². The van der Waals surface area contributed by atoms with E-state index in [0.29, 0.717) is 30.7 Å². The van der Waals surface area contributed by atoms with Crippen molar-refractivity contribution < 1.29 is 14.3 Å². The molecule has 2 aliphatic heterocycles. The van der Waals surface area contributed by atoms with Crippen LogP contribution in [0, 0.1) is 0 Å². The molecule has 0 radical (unpaired) electrons. The molecule has 2 aromatic carbocycles. The molecule has 0 amide bonds. The fraction of sp³-hybridized carbons (Fsp3) is 0.381. The molecule has 0 aliphatic carbocycles. The van der Waals surface area contributed by atoms with E-state index in [1.807, 2.05) is 43.3 Å². The van der Waals surface area contributed by atoms with Gasteiger partial charge >= 0.3 is 0 Å². The van der Waals surface area contributed by atoms with Gasteiger partial charge in [-0.25, -0.2) is 0 Å². The van der Waals surface area contributed by atoms with Gasteiger partial charge < -0.3 is 14.8 Å². The molecule has 2 fully saturated rings. The number of hydrogen-bond donors (Lipinski definition) is 1. The van der Waals surface area contributed by atoms with Crippen LogP contribution in [0.2, 0.25) is 0 Å². The lowest BCUT2D eigenvalue weighted by Crippen LogP contribution is -2.33. The molecule has 25 heavy (non-hydrogen) atoms. The van der Waals surface area contributed by atoms with Gasteiger partial charge in [0.25, 0.3) is 0 Å². The van der Waals surface area contributed by atoms with Crippen LogP contribution in [0.4, 0.5) is 0 Å². The van der Waals surface area contributed by atoms with Crippen molar-refractivity contribution in [1.82, 2.24) is 5.32 Å². The highest BCUT2D eigenvalue weighted by Crippen LogP contribution is 2.36. The molecule has 130 valence electrons. The molecule has 4 heteroatoms. The third-order valence-corrected chi connectivity index (χ3v) is 4.99. The normalized spacial score (nSPS) is 24.4. The number of hydrogen-bond acceptors (Lipinski definition) is 4. The van der Waals surface area contributed by atoms with Crippen LogP contribution in [0.3, 0.4) is 0 Å².